The zero-order chi connectivity index (χ0) is 59.8. The number of carboxylic acid groups (broad SMARTS) is 2. The fourth-order valence-corrected chi connectivity index (χ4v) is 8.39. The van der Waals surface area contributed by atoms with Gasteiger partial charge in [0.05, 0.1) is 24.0 Å². The summed E-state index contributed by atoms with van der Waals surface area (Å²) in [6, 6.07) is 2.82. The smallest absolute Gasteiger partial charge is 0.336 e. The number of hydrogen-bond acceptors (Lipinski definition) is 16. The minimum absolute atomic E-state index is 0.0576. The number of amides is 8. The Morgan fingerprint density at radius 1 is 0.654 bits per heavy atom. The standard InChI is InChI=1S/C54H64N10O17/c1-25(47(72)59-27(3)49(74)64-46(29(5)66)53(78)63-41(20-32-23-55-24-57-32)52(77)62-39(28(4)65)16-17-44(70)71)58-48(73)26(2)60-51(76)40(61-30(6)67)9-7-8-18-56-50(75)31-10-13-35(54(79)80)38(19-31)45-36-14-11-33(68)21-42(36)81-43-22-34(69)12-15-37(43)45/h10-15,19,21-27,29,39-41,46,66,68H,7-9,16-18,20H2,1-6H3,(H,55,57)(H,56,75)(H,58,73)(H,59,72)(H,60,76)(H,61,67)(H,62,77)(H,63,78)(H,64,74)(H,70,71)(H,79,80)/t25-,26-,27-,29+,39-,40-,41-,46-/m1/s1. The maximum atomic E-state index is 13.5. The van der Waals surface area contributed by atoms with Gasteiger partial charge in [0.15, 0.2) is 11.2 Å². The van der Waals surface area contributed by atoms with Gasteiger partial charge in [-0.15, -0.1) is 0 Å². The Kier molecular flexibility index (Phi) is 21.8. The predicted molar refractivity (Wildman–Crippen MR) is 287 cm³/mol. The Balaban J connectivity index is 1.12. The Hall–Kier alpha value is -9.53. The number of imidazole rings is 1. The highest BCUT2D eigenvalue weighted by Crippen LogP contribution is 2.42. The van der Waals surface area contributed by atoms with Crippen LogP contribution in [0.15, 0.2) is 76.3 Å². The molecule has 432 valence electrons. The van der Waals surface area contributed by atoms with Gasteiger partial charge >= 0.3 is 11.9 Å². The van der Waals surface area contributed by atoms with Crippen molar-refractivity contribution in [3.8, 4) is 28.2 Å². The van der Waals surface area contributed by atoms with Crippen LogP contribution in [0.2, 0.25) is 0 Å². The van der Waals surface area contributed by atoms with Crippen molar-refractivity contribution in [3.05, 3.63) is 94.2 Å². The van der Waals surface area contributed by atoms with Crippen molar-refractivity contribution in [1.29, 1.82) is 0 Å². The van der Waals surface area contributed by atoms with Gasteiger partial charge in [-0.25, -0.2) is 9.78 Å². The van der Waals surface area contributed by atoms with Crippen molar-refractivity contribution >= 4 is 75.9 Å². The predicted octanol–water partition coefficient (Wildman–Crippen LogP) is 0.142. The number of aromatic amines is 1. The van der Waals surface area contributed by atoms with Crippen LogP contribution in [0.25, 0.3) is 33.4 Å². The average molecular weight is 1130 g/mol. The fourth-order valence-electron chi connectivity index (χ4n) is 8.39. The SMILES string of the molecule is CC(=O)N[C@H](CCCCNC(=O)c1ccc(C(=O)O)c(-c2c3ccc(=O)cc-3oc3cc(O)ccc23)c1)C(=O)N[C@H](C)C(=O)N[C@H](C)C(=O)N[C@H](C)C(=O)N[C@@H](C(=O)N[C@H](Cc1cnc[nH]1)C(=O)N[C@H](CCC(=O)O)C(C)=O)[C@H](C)O. The van der Waals surface area contributed by atoms with E-state index in [9.17, 15) is 72.9 Å². The second kappa shape index (κ2) is 28.4. The lowest BCUT2D eigenvalue weighted by Gasteiger charge is -2.27. The van der Waals surface area contributed by atoms with Gasteiger partial charge in [0, 0.05) is 72.4 Å². The number of benzene rings is 3. The number of Topliss-reactive ketones (excluding diaryl/α,β-unsaturated/α-hetero) is 1. The highest BCUT2D eigenvalue weighted by molar-refractivity contribution is 6.09. The van der Waals surface area contributed by atoms with Crippen LogP contribution in [0.1, 0.15) is 100 Å². The number of hydrogen-bond donors (Lipinski definition) is 13. The van der Waals surface area contributed by atoms with E-state index in [0.717, 1.165) is 6.92 Å². The number of ketones is 1. The minimum atomic E-state index is -1.70. The van der Waals surface area contributed by atoms with Gasteiger partial charge in [0.25, 0.3) is 5.91 Å². The van der Waals surface area contributed by atoms with Gasteiger partial charge < -0.3 is 72.4 Å². The van der Waals surface area contributed by atoms with Crippen LogP contribution < -0.4 is 48.0 Å². The van der Waals surface area contributed by atoms with Gasteiger partial charge in [-0.05, 0) is 108 Å². The van der Waals surface area contributed by atoms with E-state index in [1.165, 1.54) is 102 Å². The van der Waals surface area contributed by atoms with Crippen LogP contribution in [0.3, 0.4) is 0 Å². The van der Waals surface area contributed by atoms with Crippen molar-refractivity contribution < 1.29 is 77.6 Å². The number of carboxylic acids is 2. The molecule has 0 unspecified atom stereocenters. The zero-order valence-corrected chi connectivity index (χ0v) is 45.0. The number of phenolic OH excluding ortho intramolecular Hbond substituents is 1. The van der Waals surface area contributed by atoms with Crippen LogP contribution in [-0.2, 0) is 49.6 Å². The molecule has 0 saturated carbocycles. The number of H-pyrrole nitrogens is 1. The molecule has 8 atom stereocenters. The summed E-state index contributed by atoms with van der Waals surface area (Å²) in [7, 11) is 0. The number of phenols is 1. The Labute approximate surface area is 462 Å². The first-order chi connectivity index (χ1) is 38.2. The molecule has 5 rings (SSSR count). The van der Waals surface area contributed by atoms with Crippen LogP contribution in [0.4, 0.5) is 0 Å². The quantitative estimate of drug-likeness (QED) is 0.0234. The molecule has 0 bridgehead atoms. The summed E-state index contributed by atoms with van der Waals surface area (Å²) in [5.41, 5.74) is 0.955. The topological polar surface area (TPSA) is 424 Å². The van der Waals surface area contributed by atoms with Crippen LogP contribution in [0.5, 0.6) is 5.75 Å². The van der Waals surface area contributed by atoms with Crippen LogP contribution >= 0.6 is 0 Å². The zero-order valence-electron chi connectivity index (χ0n) is 45.0. The van der Waals surface area contributed by atoms with E-state index in [0.29, 0.717) is 28.6 Å². The Bertz CT molecular complexity index is 3210. The summed E-state index contributed by atoms with van der Waals surface area (Å²) >= 11 is 0. The molecule has 8 amide bonds. The third-order valence-corrected chi connectivity index (χ3v) is 12.7. The number of aromatic nitrogens is 2. The lowest BCUT2D eigenvalue weighted by Crippen LogP contribution is -2.61. The van der Waals surface area contributed by atoms with Crippen molar-refractivity contribution in [3.63, 3.8) is 0 Å². The molecule has 0 spiro atoms. The molecule has 13 N–H and O–H groups in total. The number of aliphatic hydroxyl groups is 1. The van der Waals surface area contributed by atoms with Crippen molar-refractivity contribution in [2.75, 3.05) is 6.54 Å². The number of aromatic hydroxyl groups is 1. The molecule has 0 radical (unpaired) electrons. The molecule has 3 aromatic rings. The summed E-state index contributed by atoms with van der Waals surface area (Å²) in [4.78, 5) is 160. The normalized spacial score (nSPS) is 14.1. The molecule has 2 aromatic carbocycles. The number of rotatable bonds is 28. The van der Waals surface area contributed by atoms with E-state index in [4.69, 9.17) is 9.52 Å². The Morgan fingerprint density at radius 2 is 1.28 bits per heavy atom. The first kappa shape index (κ1) is 62.3. The summed E-state index contributed by atoms with van der Waals surface area (Å²) in [5, 5.41) is 60.1. The average Bonchev–Trinajstić information content (AvgIpc) is 4.09. The van der Waals surface area contributed by atoms with E-state index < -0.39 is 120 Å². The van der Waals surface area contributed by atoms with Gasteiger partial charge in [0.2, 0.25) is 41.4 Å². The number of nitrogens with one attached hydrogen (secondary N) is 9. The van der Waals surface area contributed by atoms with Crippen LogP contribution in [0, 0.1) is 0 Å². The second-order valence-electron chi connectivity index (χ2n) is 19.2. The molecule has 0 saturated heterocycles. The monoisotopic (exact) mass is 1120 g/mol. The first-order valence-electron chi connectivity index (χ1n) is 25.6. The van der Waals surface area contributed by atoms with Gasteiger partial charge in [0.1, 0.15) is 53.3 Å². The molecule has 27 heteroatoms. The second-order valence-corrected chi connectivity index (χ2v) is 19.2. The molecule has 1 aromatic heterocycles. The van der Waals surface area contributed by atoms with E-state index >= 15 is 0 Å². The summed E-state index contributed by atoms with van der Waals surface area (Å²) in [6.45, 7) is 7.44. The number of fused-ring (bicyclic) bond motifs is 2. The van der Waals surface area contributed by atoms with Gasteiger partial charge in [-0.3, -0.25) is 52.7 Å². The lowest BCUT2D eigenvalue weighted by molar-refractivity contribution is -0.138. The maximum Gasteiger partial charge on any atom is 0.336 e. The van der Waals surface area contributed by atoms with E-state index in [-0.39, 0.29) is 71.4 Å². The number of aromatic carboxylic acids is 1. The first-order valence-corrected chi connectivity index (χ1v) is 25.6. The van der Waals surface area contributed by atoms with Gasteiger partial charge in [-0.1, -0.05) is 0 Å². The van der Waals surface area contributed by atoms with Gasteiger partial charge in [-0.2, -0.15) is 0 Å². The van der Waals surface area contributed by atoms with E-state index in [1.807, 2.05) is 0 Å². The fraction of sp³-hybridized carbons (Fsp3) is 0.389. The van der Waals surface area contributed by atoms with Crippen molar-refractivity contribution in [1.82, 2.24) is 52.5 Å². The van der Waals surface area contributed by atoms with Crippen LogP contribution in [-0.4, -0.2) is 150 Å². The third-order valence-electron chi connectivity index (χ3n) is 12.7. The molecular weight excluding hydrogens is 1060 g/mol. The molecule has 1 aliphatic carbocycles. The number of aliphatic carboxylic acids is 1. The lowest BCUT2D eigenvalue weighted by atomic mass is 9.89. The number of carbonyl (C=O) groups is 11. The summed E-state index contributed by atoms with van der Waals surface area (Å²) in [5.74, 6) is -9.54. The van der Waals surface area contributed by atoms with Crippen molar-refractivity contribution in [2.45, 2.75) is 128 Å². The Morgan fingerprint density at radius 3 is 1.88 bits per heavy atom. The van der Waals surface area contributed by atoms with Crippen molar-refractivity contribution in [2.24, 2.45) is 0 Å². The largest absolute Gasteiger partial charge is 0.508 e. The molecule has 1 aliphatic heterocycles. The summed E-state index contributed by atoms with van der Waals surface area (Å²) < 4.78 is 5.89. The number of unbranched alkanes of at least 4 members (excludes halogenated alkanes) is 1. The summed E-state index contributed by atoms with van der Waals surface area (Å²) in [6.07, 6.45) is 0.868. The van der Waals surface area contributed by atoms with E-state index in [1.54, 1.807) is 0 Å². The van der Waals surface area contributed by atoms with E-state index in [2.05, 4.69) is 52.5 Å². The number of carbonyl (C=O) groups excluding carboxylic acids is 9. The molecular formula is C54H64N10O17. The highest BCUT2D eigenvalue weighted by atomic mass is 16.4. The molecule has 0 fully saturated rings. The molecule has 81 heavy (non-hydrogen) atoms. The maximum absolute atomic E-state index is 13.5. The molecule has 2 aliphatic rings. The minimum Gasteiger partial charge on any atom is -0.508 e. The highest BCUT2D eigenvalue weighted by Gasteiger charge is 2.34. The molecule has 2 heterocycles. The third kappa shape index (κ3) is 17.5. The number of aliphatic hydroxyl groups excluding tert-OH is 1. The number of nitrogens with zero attached hydrogens (tertiary/aromatic N) is 1. The molecule has 27 nitrogen and oxygen atoms in total.